The van der Waals surface area contributed by atoms with Crippen LogP contribution in [0.1, 0.15) is 32.4 Å². The Balaban J connectivity index is 2.24. The second-order valence-electron chi connectivity index (χ2n) is 5.47. The third-order valence-corrected chi connectivity index (χ3v) is 3.67. The lowest BCUT2D eigenvalue weighted by molar-refractivity contribution is 0.279. The molecule has 0 bridgehead atoms. The first-order chi connectivity index (χ1) is 7.89. The van der Waals surface area contributed by atoms with Gasteiger partial charge in [-0.3, -0.25) is 0 Å². The minimum absolute atomic E-state index is 0.275. The Bertz CT molecular complexity index is 421. The Morgan fingerprint density at radius 2 is 1.82 bits per heavy atom. The first-order valence-electron chi connectivity index (χ1n) is 5.94. The fourth-order valence-corrected chi connectivity index (χ4v) is 2.30. The lowest BCUT2D eigenvalue weighted by atomic mass is 9.83. The standard InChI is InChI=1S/C12H19ClN4/c1-8-9(14)10(16-11(13)15-8)17-6-4-12(2,3)5-7-17/h4-7,14H2,1-3H3. The second-order valence-corrected chi connectivity index (χ2v) is 5.80. The summed E-state index contributed by atoms with van der Waals surface area (Å²) in [6.07, 6.45) is 2.29. The molecule has 0 amide bonds. The number of aromatic nitrogens is 2. The van der Waals surface area contributed by atoms with E-state index in [9.17, 15) is 0 Å². The molecular formula is C12H19ClN4. The highest BCUT2D eigenvalue weighted by atomic mass is 35.5. The lowest BCUT2D eigenvalue weighted by Gasteiger charge is -2.38. The molecule has 2 rings (SSSR count). The van der Waals surface area contributed by atoms with Crippen molar-refractivity contribution < 1.29 is 0 Å². The maximum Gasteiger partial charge on any atom is 0.224 e. The summed E-state index contributed by atoms with van der Waals surface area (Å²) in [5.74, 6) is 0.790. The van der Waals surface area contributed by atoms with Crippen LogP contribution in [0, 0.1) is 12.3 Å². The SMILES string of the molecule is Cc1nc(Cl)nc(N2CCC(C)(C)CC2)c1N. The number of nitrogens with zero attached hydrogens (tertiary/aromatic N) is 3. The number of aryl methyl sites for hydroxylation is 1. The summed E-state index contributed by atoms with van der Waals surface area (Å²) in [4.78, 5) is 10.5. The van der Waals surface area contributed by atoms with Gasteiger partial charge in [0.2, 0.25) is 5.28 Å². The summed E-state index contributed by atoms with van der Waals surface area (Å²) < 4.78 is 0. The van der Waals surface area contributed by atoms with Crippen molar-refractivity contribution in [1.82, 2.24) is 9.97 Å². The highest BCUT2D eigenvalue weighted by molar-refractivity contribution is 6.28. The van der Waals surface area contributed by atoms with Gasteiger partial charge in [0.15, 0.2) is 5.82 Å². The third kappa shape index (κ3) is 2.63. The molecule has 0 saturated carbocycles. The predicted octanol–water partition coefficient (Wildman–Crippen LogP) is 2.65. The Morgan fingerprint density at radius 3 is 2.41 bits per heavy atom. The average molecular weight is 255 g/mol. The van der Waals surface area contributed by atoms with Gasteiger partial charge < -0.3 is 10.6 Å². The molecule has 2 N–H and O–H groups in total. The van der Waals surface area contributed by atoms with Crippen LogP contribution in [0.2, 0.25) is 5.28 Å². The number of anilines is 2. The first-order valence-corrected chi connectivity index (χ1v) is 6.31. The van der Waals surface area contributed by atoms with Crippen molar-refractivity contribution in [2.24, 2.45) is 5.41 Å². The third-order valence-electron chi connectivity index (χ3n) is 3.51. The van der Waals surface area contributed by atoms with Gasteiger partial charge in [0.1, 0.15) is 0 Å². The number of halogens is 1. The van der Waals surface area contributed by atoms with E-state index in [2.05, 4.69) is 28.7 Å². The predicted molar refractivity (Wildman–Crippen MR) is 71.4 cm³/mol. The summed E-state index contributed by atoms with van der Waals surface area (Å²) >= 11 is 5.89. The summed E-state index contributed by atoms with van der Waals surface area (Å²) in [5.41, 5.74) is 7.84. The molecular weight excluding hydrogens is 236 g/mol. The minimum Gasteiger partial charge on any atom is -0.394 e. The molecule has 1 fully saturated rings. The maximum atomic E-state index is 6.02. The van der Waals surface area contributed by atoms with Crippen LogP contribution in [-0.2, 0) is 0 Å². The molecule has 0 unspecified atom stereocenters. The van der Waals surface area contributed by atoms with Crippen molar-refractivity contribution >= 4 is 23.1 Å². The zero-order chi connectivity index (χ0) is 12.6. The summed E-state index contributed by atoms with van der Waals surface area (Å²) in [7, 11) is 0. The van der Waals surface area contributed by atoms with E-state index < -0.39 is 0 Å². The van der Waals surface area contributed by atoms with Gasteiger partial charge in [-0.2, -0.15) is 4.98 Å². The van der Waals surface area contributed by atoms with Gasteiger partial charge in [-0.15, -0.1) is 0 Å². The van der Waals surface area contributed by atoms with Crippen molar-refractivity contribution in [3.05, 3.63) is 11.0 Å². The highest BCUT2D eigenvalue weighted by Gasteiger charge is 2.27. The topological polar surface area (TPSA) is 55.0 Å². The highest BCUT2D eigenvalue weighted by Crippen LogP contribution is 2.34. The van der Waals surface area contributed by atoms with Crippen LogP contribution in [0.4, 0.5) is 11.5 Å². The largest absolute Gasteiger partial charge is 0.394 e. The quantitative estimate of drug-likeness (QED) is 0.783. The van der Waals surface area contributed by atoms with Crippen LogP contribution in [-0.4, -0.2) is 23.1 Å². The zero-order valence-electron chi connectivity index (χ0n) is 10.6. The van der Waals surface area contributed by atoms with Crippen LogP contribution in [0.5, 0.6) is 0 Å². The van der Waals surface area contributed by atoms with Crippen molar-refractivity contribution in [3.8, 4) is 0 Å². The van der Waals surface area contributed by atoms with Gasteiger partial charge in [-0.05, 0) is 36.8 Å². The average Bonchev–Trinajstić information content (AvgIpc) is 2.24. The molecule has 4 nitrogen and oxygen atoms in total. The fraction of sp³-hybridized carbons (Fsp3) is 0.667. The molecule has 0 spiro atoms. The van der Waals surface area contributed by atoms with Crippen LogP contribution in [0.25, 0.3) is 0 Å². The molecule has 5 heteroatoms. The van der Waals surface area contributed by atoms with Crippen LogP contribution < -0.4 is 10.6 Å². The Kier molecular flexibility index (Phi) is 3.17. The molecule has 1 aliphatic rings. The minimum atomic E-state index is 0.275. The van der Waals surface area contributed by atoms with Crippen LogP contribution >= 0.6 is 11.6 Å². The summed E-state index contributed by atoms with van der Waals surface area (Å²) in [5, 5.41) is 0.275. The molecule has 0 aliphatic carbocycles. The van der Waals surface area contributed by atoms with Crippen molar-refractivity contribution in [2.45, 2.75) is 33.6 Å². The normalized spacial score (nSPS) is 19.4. The lowest BCUT2D eigenvalue weighted by Crippen LogP contribution is -2.38. The van der Waals surface area contributed by atoms with Gasteiger partial charge in [0.05, 0.1) is 11.4 Å². The Labute approximate surface area is 107 Å². The number of nitrogen functional groups attached to an aromatic ring is 1. The van der Waals surface area contributed by atoms with E-state index in [0.29, 0.717) is 11.1 Å². The number of hydrogen-bond donors (Lipinski definition) is 1. The van der Waals surface area contributed by atoms with Crippen molar-refractivity contribution in [3.63, 3.8) is 0 Å². The molecule has 0 aromatic carbocycles. The maximum absolute atomic E-state index is 6.02. The van der Waals surface area contributed by atoms with Crippen molar-refractivity contribution in [1.29, 1.82) is 0 Å². The van der Waals surface area contributed by atoms with Gasteiger partial charge >= 0.3 is 0 Å². The smallest absolute Gasteiger partial charge is 0.224 e. The Hall–Kier alpha value is -1.03. The molecule has 1 aliphatic heterocycles. The van der Waals surface area contributed by atoms with Gasteiger partial charge in [-0.25, -0.2) is 4.98 Å². The second kappa shape index (κ2) is 4.33. The van der Waals surface area contributed by atoms with E-state index in [1.165, 1.54) is 0 Å². The van der Waals surface area contributed by atoms with E-state index >= 15 is 0 Å². The van der Waals surface area contributed by atoms with Crippen LogP contribution in [0.3, 0.4) is 0 Å². The molecule has 0 atom stereocenters. The molecule has 94 valence electrons. The molecule has 2 heterocycles. The van der Waals surface area contributed by atoms with E-state index in [1.54, 1.807) is 0 Å². The Morgan fingerprint density at radius 1 is 1.24 bits per heavy atom. The van der Waals surface area contributed by atoms with E-state index in [1.807, 2.05) is 6.92 Å². The molecule has 17 heavy (non-hydrogen) atoms. The molecule has 1 aromatic heterocycles. The number of hydrogen-bond acceptors (Lipinski definition) is 4. The van der Waals surface area contributed by atoms with Gasteiger partial charge in [0.25, 0.3) is 0 Å². The molecule has 0 radical (unpaired) electrons. The molecule has 1 saturated heterocycles. The van der Waals surface area contributed by atoms with Crippen LogP contribution in [0.15, 0.2) is 0 Å². The summed E-state index contributed by atoms with van der Waals surface area (Å²) in [6, 6.07) is 0. The van der Waals surface area contributed by atoms with Gasteiger partial charge in [-0.1, -0.05) is 13.8 Å². The fourth-order valence-electron chi connectivity index (χ4n) is 2.10. The van der Waals surface area contributed by atoms with Crippen molar-refractivity contribution in [2.75, 3.05) is 23.7 Å². The number of nitrogens with two attached hydrogens (primary N) is 1. The van der Waals surface area contributed by atoms with E-state index in [-0.39, 0.29) is 5.28 Å². The zero-order valence-corrected chi connectivity index (χ0v) is 11.4. The molecule has 1 aromatic rings. The van der Waals surface area contributed by atoms with Gasteiger partial charge in [0, 0.05) is 13.1 Å². The number of piperidine rings is 1. The summed E-state index contributed by atoms with van der Waals surface area (Å²) in [6.45, 7) is 8.41. The number of rotatable bonds is 1. The monoisotopic (exact) mass is 254 g/mol. The first kappa shape index (κ1) is 12.4. The van der Waals surface area contributed by atoms with E-state index in [4.69, 9.17) is 17.3 Å². The van der Waals surface area contributed by atoms with E-state index in [0.717, 1.165) is 37.4 Å².